The molecule has 4 nitrogen and oxygen atoms in total. The van der Waals surface area contributed by atoms with Crippen LogP contribution in [0.15, 0.2) is 24.3 Å². The van der Waals surface area contributed by atoms with Crippen LogP contribution in [-0.4, -0.2) is 12.5 Å². The van der Waals surface area contributed by atoms with Gasteiger partial charge in [-0.1, -0.05) is 43.5 Å². The molecule has 0 radical (unpaired) electrons. The summed E-state index contributed by atoms with van der Waals surface area (Å²) in [4.78, 5) is 11.2. The molecule has 1 aromatic carbocycles. The molecule has 4 N–H and O–H groups in total. The van der Waals surface area contributed by atoms with Crippen molar-refractivity contribution < 1.29 is 4.79 Å². The van der Waals surface area contributed by atoms with E-state index in [4.69, 9.17) is 5.73 Å². The van der Waals surface area contributed by atoms with Gasteiger partial charge in [0.05, 0.1) is 18.1 Å². The highest BCUT2D eigenvalue weighted by molar-refractivity contribution is 5.57. The summed E-state index contributed by atoms with van der Waals surface area (Å²) in [5.74, 6) is 0.507. The van der Waals surface area contributed by atoms with Gasteiger partial charge in [-0.25, -0.2) is 10.9 Å². The second-order valence-corrected chi connectivity index (χ2v) is 6.01. The number of aldehydes is 1. The standard InChI is InChI=1S/C16H23N3O/c17-16-14(10-20)15(18-19-16)13-8-6-12(7-9-13)11-4-2-1-3-5-11/h6-11,14-16,18-19H,1-5,17H2. The van der Waals surface area contributed by atoms with Crippen molar-refractivity contribution in [3.8, 4) is 0 Å². The molecule has 3 rings (SSSR count). The Morgan fingerprint density at radius 3 is 2.30 bits per heavy atom. The summed E-state index contributed by atoms with van der Waals surface area (Å²) in [6, 6.07) is 8.69. The normalized spacial score (nSPS) is 31.4. The van der Waals surface area contributed by atoms with E-state index >= 15 is 0 Å². The van der Waals surface area contributed by atoms with Crippen LogP contribution in [0.4, 0.5) is 0 Å². The topological polar surface area (TPSA) is 67.2 Å². The van der Waals surface area contributed by atoms with Gasteiger partial charge in [-0.15, -0.1) is 0 Å². The minimum atomic E-state index is -0.310. The minimum absolute atomic E-state index is 0.0251. The lowest BCUT2D eigenvalue weighted by Gasteiger charge is -2.23. The Labute approximate surface area is 120 Å². The maximum atomic E-state index is 11.2. The number of carbonyl (C=O) groups excluding carboxylic acids is 1. The number of hydrogen-bond donors (Lipinski definition) is 3. The molecule has 1 saturated carbocycles. The highest BCUT2D eigenvalue weighted by atomic mass is 16.1. The van der Waals surface area contributed by atoms with Crippen LogP contribution in [0.1, 0.15) is 55.2 Å². The molecule has 3 unspecified atom stereocenters. The van der Waals surface area contributed by atoms with Crippen LogP contribution in [-0.2, 0) is 4.79 Å². The third-order valence-corrected chi connectivity index (χ3v) is 4.73. The molecule has 2 aliphatic rings. The molecule has 0 spiro atoms. The molecule has 0 bridgehead atoms. The molecule has 1 aliphatic carbocycles. The predicted octanol–water partition coefficient (Wildman–Crippen LogP) is 1.98. The van der Waals surface area contributed by atoms with E-state index in [0.717, 1.165) is 17.8 Å². The molecule has 0 aromatic heterocycles. The zero-order valence-corrected chi connectivity index (χ0v) is 11.7. The first-order valence-corrected chi connectivity index (χ1v) is 7.61. The fraction of sp³-hybridized carbons (Fsp3) is 0.562. The van der Waals surface area contributed by atoms with E-state index < -0.39 is 0 Å². The van der Waals surface area contributed by atoms with Crippen LogP contribution >= 0.6 is 0 Å². The zero-order valence-electron chi connectivity index (χ0n) is 11.7. The van der Waals surface area contributed by atoms with E-state index in [0.29, 0.717) is 0 Å². The lowest BCUT2D eigenvalue weighted by Crippen LogP contribution is -2.39. The summed E-state index contributed by atoms with van der Waals surface area (Å²) >= 11 is 0. The van der Waals surface area contributed by atoms with Gasteiger partial charge in [0.2, 0.25) is 0 Å². The molecule has 2 fully saturated rings. The van der Waals surface area contributed by atoms with E-state index in [9.17, 15) is 4.79 Å². The van der Waals surface area contributed by atoms with Gasteiger partial charge in [0.25, 0.3) is 0 Å². The molecule has 1 heterocycles. The SMILES string of the molecule is NC1NNC(c2ccc(C3CCCCC3)cc2)C1C=O. The Hall–Kier alpha value is -1.23. The number of hydrogen-bond acceptors (Lipinski definition) is 4. The Bertz CT molecular complexity index is 453. The fourth-order valence-electron chi connectivity index (χ4n) is 3.47. The first kappa shape index (κ1) is 13.7. The molecule has 1 aromatic rings. The van der Waals surface area contributed by atoms with Crippen LogP contribution in [0.5, 0.6) is 0 Å². The van der Waals surface area contributed by atoms with Crippen LogP contribution in [0, 0.1) is 5.92 Å². The van der Waals surface area contributed by atoms with Crippen LogP contribution in [0.3, 0.4) is 0 Å². The maximum Gasteiger partial charge on any atom is 0.127 e. The largest absolute Gasteiger partial charge is 0.314 e. The summed E-state index contributed by atoms with van der Waals surface area (Å²) in [7, 11) is 0. The van der Waals surface area contributed by atoms with Gasteiger partial charge in [0.15, 0.2) is 0 Å². The second kappa shape index (κ2) is 6.04. The molecule has 3 atom stereocenters. The summed E-state index contributed by atoms with van der Waals surface area (Å²) < 4.78 is 0. The summed E-state index contributed by atoms with van der Waals surface area (Å²) in [6.07, 6.45) is 7.33. The second-order valence-electron chi connectivity index (χ2n) is 6.01. The summed E-state index contributed by atoms with van der Waals surface area (Å²) in [5, 5.41) is 0. The molecule has 0 amide bonds. The third-order valence-electron chi connectivity index (χ3n) is 4.73. The van der Waals surface area contributed by atoms with Crippen molar-refractivity contribution in [1.29, 1.82) is 0 Å². The smallest absolute Gasteiger partial charge is 0.127 e. The number of hydrazine groups is 1. The van der Waals surface area contributed by atoms with Crippen LogP contribution in [0.25, 0.3) is 0 Å². The van der Waals surface area contributed by atoms with Gasteiger partial charge < -0.3 is 10.5 Å². The Morgan fingerprint density at radius 2 is 1.65 bits per heavy atom. The van der Waals surface area contributed by atoms with Gasteiger partial charge in [0, 0.05) is 0 Å². The third kappa shape index (κ3) is 2.64. The number of benzene rings is 1. The van der Waals surface area contributed by atoms with E-state index in [2.05, 4.69) is 35.1 Å². The number of carbonyl (C=O) groups is 1. The van der Waals surface area contributed by atoms with E-state index in [1.165, 1.54) is 37.7 Å². The van der Waals surface area contributed by atoms with Gasteiger partial charge in [-0.2, -0.15) is 0 Å². The average Bonchev–Trinajstić information content (AvgIpc) is 2.89. The lowest BCUT2D eigenvalue weighted by atomic mass is 9.83. The molecular formula is C16H23N3O. The highest BCUT2D eigenvalue weighted by Crippen LogP contribution is 2.34. The van der Waals surface area contributed by atoms with Gasteiger partial charge in [-0.05, 0) is 29.9 Å². The fourth-order valence-corrected chi connectivity index (χ4v) is 3.47. The first-order chi connectivity index (χ1) is 9.79. The van der Waals surface area contributed by atoms with Crippen LogP contribution < -0.4 is 16.6 Å². The van der Waals surface area contributed by atoms with Gasteiger partial charge in [0.1, 0.15) is 6.29 Å². The first-order valence-electron chi connectivity index (χ1n) is 7.61. The predicted molar refractivity (Wildman–Crippen MR) is 78.8 cm³/mol. The van der Waals surface area contributed by atoms with Crippen molar-refractivity contribution in [2.45, 2.75) is 50.2 Å². The van der Waals surface area contributed by atoms with E-state index in [-0.39, 0.29) is 18.1 Å². The van der Waals surface area contributed by atoms with Crippen molar-refractivity contribution in [3.63, 3.8) is 0 Å². The molecular weight excluding hydrogens is 250 g/mol. The average molecular weight is 273 g/mol. The number of rotatable bonds is 3. The maximum absolute atomic E-state index is 11.2. The van der Waals surface area contributed by atoms with Crippen molar-refractivity contribution in [2.24, 2.45) is 11.7 Å². The van der Waals surface area contributed by atoms with Crippen molar-refractivity contribution in [3.05, 3.63) is 35.4 Å². The molecule has 1 saturated heterocycles. The molecule has 4 heteroatoms. The minimum Gasteiger partial charge on any atom is -0.314 e. The number of nitrogens with one attached hydrogen (secondary N) is 2. The van der Waals surface area contributed by atoms with Crippen LogP contribution in [0.2, 0.25) is 0 Å². The number of nitrogens with two attached hydrogens (primary N) is 1. The van der Waals surface area contributed by atoms with Crippen molar-refractivity contribution >= 4 is 6.29 Å². The van der Waals surface area contributed by atoms with Crippen molar-refractivity contribution in [2.75, 3.05) is 0 Å². The summed E-state index contributed by atoms with van der Waals surface area (Å²) in [5.41, 5.74) is 14.5. The lowest BCUT2D eigenvalue weighted by molar-refractivity contribution is -0.111. The Balaban J connectivity index is 1.74. The molecule has 1 aliphatic heterocycles. The molecule has 108 valence electrons. The van der Waals surface area contributed by atoms with E-state index in [1.54, 1.807) is 0 Å². The molecule has 20 heavy (non-hydrogen) atoms. The summed E-state index contributed by atoms with van der Waals surface area (Å²) in [6.45, 7) is 0. The Morgan fingerprint density at radius 1 is 1.00 bits per heavy atom. The van der Waals surface area contributed by atoms with Crippen molar-refractivity contribution in [1.82, 2.24) is 10.9 Å². The quantitative estimate of drug-likeness (QED) is 0.737. The van der Waals surface area contributed by atoms with Gasteiger partial charge >= 0.3 is 0 Å². The zero-order chi connectivity index (χ0) is 13.9. The Kier molecular flexibility index (Phi) is 4.15. The monoisotopic (exact) mass is 273 g/mol. The highest BCUT2D eigenvalue weighted by Gasteiger charge is 2.34. The van der Waals surface area contributed by atoms with Gasteiger partial charge in [-0.3, -0.25) is 0 Å². The van der Waals surface area contributed by atoms with E-state index in [1.807, 2.05) is 0 Å².